The summed E-state index contributed by atoms with van der Waals surface area (Å²) in [5.74, 6) is 0.635. The zero-order valence-electron chi connectivity index (χ0n) is 11.4. The van der Waals surface area contributed by atoms with Crippen LogP contribution in [-0.4, -0.2) is 12.6 Å². The summed E-state index contributed by atoms with van der Waals surface area (Å²) >= 11 is 0. The lowest BCUT2D eigenvalue weighted by molar-refractivity contribution is 0.600. The summed E-state index contributed by atoms with van der Waals surface area (Å²) in [7, 11) is 0. The number of nitrogens with one attached hydrogen (secondary N) is 1. The fourth-order valence-corrected chi connectivity index (χ4v) is 2.74. The molecule has 94 valence electrons. The van der Waals surface area contributed by atoms with Crippen LogP contribution in [0.4, 0.5) is 0 Å². The molecule has 0 amide bonds. The SMILES string of the molecule is CCc1ccc(C(C)C)cc1CC1CCCN1. The average Bonchev–Trinajstić information content (AvgIpc) is 2.81. The third-order valence-electron chi connectivity index (χ3n) is 3.91. The normalized spacial score (nSPS) is 20.1. The Labute approximate surface area is 106 Å². The fraction of sp³-hybridized carbons (Fsp3) is 0.625. The molecule has 1 aliphatic rings. The summed E-state index contributed by atoms with van der Waals surface area (Å²) in [4.78, 5) is 0. The predicted octanol–water partition coefficient (Wildman–Crippen LogP) is 3.67. The summed E-state index contributed by atoms with van der Waals surface area (Å²) in [5.41, 5.74) is 4.58. The Kier molecular flexibility index (Phi) is 4.22. The second-order valence-corrected chi connectivity index (χ2v) is 5.53. The van der Waals surface area contributed by atoms with E-state index in [9.17, 15) is 0 Å². The van der Waals surface area contributed by atoms with Crippen molar-refractivity contribution in [2.24, 2.45) is 0 Å². The smallest absolute Gasteiger partial charge is 0.0108 e. The van der Waals surface area contributed by atoms with Crippen LogP contribution in [-0.2, 0) is 12.8 Å². The third-order valence-corrected chi connectivity index (χ3v) is 3.91. The first-order valence-electron chi connectivity index (χ1n) is 7.05. The summed E-state index contributed by atoms with van der Waals surface area (Å²) < 4.78 is 0. The van der Waals surface area contributed by atoms with Crippen molar-refractivity contribution in [2.75, 3.05) is 6.54 Å². The fourth-order valence-electron chi connectivity index (χ4n) is 2.74. The van der Waals surface area contributed by atoms with Gasteiger partial charge in [0.25, 0.3) is 0 Å². The number of hydrogen-bond donors (Lipinski definition) is 1. The van der Waals surface area contributed by atoms with Gasteiger partial charge in [0.15, 0.2) is 0 Å². The van der Waals surface area contributed by atoms with Gasteiger partial charge in [-0.05, 0) is 54.8 Å². The molecule has 1 aliphatic heterocycles. The molecule has 1 atom stereocenters. The molecule has 2 rings (SSSR count). The summed E-state index contributed by atoms with van der Waals surface area (Å²) in [6.45, 7) is 8.02. The Morgan fingerprint density at radius 2 is 2.12 bits per heavy atom. The highest BCUT2D eigenvalue weighted by molar-refractivity contribution is 5.34. The molecule has 1 unspecified atom stereocenters. The van der Waals surface area contributed by atoms with Gasteiger partial charge in [0.05, 0.1) is 0 Å². The van der Waals surface area contributed by atoms with Crippen molar-refractivity contribution >= 4 is 0 Å². The van der Waals surface area contributed by atoms with Gasteiger partial charge in [-0.2, -0.15) is 0 Å². The van der Waals surface area contributed by atoms with Gasteiger partial charge in [0.1, 0.15) is 0 Å². The third kappa shape index (κ3) is 3.10. The molecule has 0 radical (unpaired) electrons. The highest BCUT2D eigenvalue weighted by Gasteiger charge is 2.16. The molecule has 0 saturated carbocycles. The molecule has 1 saturated heterocycles. The van der Waals surface area contributed by atoms with Crippen LogP contribution < -0.4 is 5.32 Å². The van der Waals surface area contributed by atoms with Crippen LogP contribution in [0.2, 0.25) is 0 Å². The van der Waals surface area contributed by atoms with Crippen molar-refractivity contribution in [3.05, 3.63) is 34.9 Å². The summed E-state index contributed by atoms with van der Waals surface area (Å²) in [6.07, 6.45) is 5.05. The van der Waals surface area contributed by atoms with E-state index in [1.54, 1.807) is 5.56 Å². The first-order valence-corrected chi connectivity index (χ1v) is 7.05. The highest BCUT2D eigenvalue weighted by atomic mass is 14.9. The standard InChI is InChI=1S/C16H25N/c1-4-13-7-8-14(12(2)3)10-15(13)11-16-6-5-9-17-16/h7-8,10,12,16-17H,4-6,9,11H2,1-3H3. The van der Waals surface area contributed by atoms with E-state index < -0.39 is 0 Å². The van der Waals surface area contributed by atoms with E-state index in [-0.39, 0.29) is 0 Å². The maximum absolute atomic E-state index is 3.61. The van der Waals surface area contributed by atoms with Crippen LogP contribution in [0.1, 0.15) is 56.2 Å². The van der Waals surface area contributed by atoms with Crippen molar-refractivity contribution in [3.63, 3.8) is 0 Å². The minimum atomic E-state index is 0.635. The molecule has 1 nitrogen and oxygen atoms in total. The van der Waals surface area contributed by atoms with E-state index in [0.717, 1.165) is 6.42 Å². The molecular formula is C16H25N. The van der Waals surface area contributed by atoms with Crippen LogP contribution in [0.15, 0.2) is 18.2 Å². The van der Waals surface area contributed by atoms with E-state index in [4.69, 9.17) is 0 Å². The Balaban J connectivity index is 2.19. The molecule has 1 fully saturated rings. The molecule has 17 heavy (non-hydrogen) atoms. The molecule has 0 aliphatic carbocycles. The van der Waals surface area contributed by atoms with Crippen LogP contribution in [0.5, 0.6) is 0 Å². The van der Waals surface area contributed by atoms with Crippen LogP contribution in [0.25, 0.3) is 0 Å². The average molecular weight is 231 g/mol. The molecule has 0 bridgehead atoms. The van der Waals surface area contributed by atoms with Crippen molar-refractivity contribution in [2.45, 2.75) is 58.4 Å². The first kappa shape index (κ1) is 12.6. The highest BCUT2D eigenvalue weighted by Crippen LogP contribution is 2.22. The second-order valence-electron chi connectivity index (χ2n) is 5.53. The van der Waals surface area contributed by atoms with Gasteiger partial charge in [-0.25, -0.2) is 0 Å². The molecule has 1 aromatic rings. The van der Waals surface area contributed by atoms with E-state index in [2.05, 4.69) is 44.3 Å². The predicted molar refractivity (Wildman–Crippen MR) is 74.6 cm³/mol. The Morgan fingerprint density at radius 1 is 1.29 bits per heavy atom. The Morgan fingerprint density at radius 3 is 2.71 bits per heavy atom. The van der Waals surface area contributed by atoms with Gasteiger partial charge < -0.3 is 5.32 Å². The van der Waals surface area contributed by atoms with Crippen molar-refractivity contribution in [1.82, 2.24) is 5.32 Å². The van der Waals surface area contributed by atoms with Gasteiger partial charge in [0, 0.05) is 6.04 Å². The van der Waals surface area contributed by atoms with Crippen LogP contribution in [0, 0.1) is 0 Å². The second kappa shape index (κ2) is 5.68. The lowest BCUT2D eigenvalue weighted by atomic mass is 9.92. The van der Waals surface area contributed by atoms with E-state index >= 15 is 0 Å². The van der Waals surface area contributed by atoms with E-state index in [1.165, 1.54) is 36.9 Å². The van der Waals surface area contributed by atoms with E-state index in [0.29, 0.717) is 12.0 Å². The van der Waals surface area contributed by atoms with Crippen molar-refractivity contribution < 1.29 is 0 Å². The molecule has 0 spiro atoms. The van der Waals surface area contributed by atoms with Gasteiger partial charge in [0.2, 0.25) is 0 Å². The first-order chi connectivity index (χ1) is 8.20. The number of benzene rings is 1. The van der Waals surface area contributed by atoms with E-state index in [1.807, 2.05) is 0 Å². The summed E-state index contributed by atoms with van der Waals surface area (Å²) in [6, 6.07) is 7.78. The molecular weight excluding hydrogens is 206 g/mol. The van der Waals surface area contributed by atoms with Gasteiger partial charge in [-0.1, -0.05) is 39.0 Å². The number of aryl methyl sites for hydroxylation is 1. The quantitative estimate of drug-likeness (QED) is 0.833. The minimum absolute atomic E-state index is 0.635. The lowest BCUT2D eigenvalue weighted by Crippen LogP contribution is -2.24. The molecule has 1 aromatic carbocycles. The van der Waals surface area contributed by atoms with Gasteiger partial charge >= 0.3 is 0 Å². The maximum Gasteiger partial charge on any atom is 0.0108 e. The van der Waals surface area contributed by atoms with Crippen molar-refractivity contribution in [3.8, 4) is 0 Å². The molecule has 0 aromatic heterocycles. The zero-order valence-corrected chi connectivity index (χ0v) is 11.4. The van der Waals surface area contributed by atoms with Crippen molar-refractivity contribution in [1.29, 1.82) is 0 Å². The van der Waals surface area contributed by atoms with Crippen LogP contribution in [0.3, 0.4) is 0 Å². The monoisotopic (exact) mass is 231 g/mol. The molecule has 1 N–H and O–H groups in total. The lowest BCUT2D eigenvalue weighted by Gasteiger charge is -2.16. The Hall–Kier alpha value is -0.820. The largest absolute Gasteiger partial charge is 0.314 e. The van der Waals surface area contributed by atoms with Gasteiger partial charge in [-0.3, -0.25) is 0 Å². The molecule has 1 heterocycles. The Bertz CT molecular complexity index is 362. The number of hydrogen-bond acceptors (Lipinski definition) is 1. The minimum Gasteiger partial charge on any atom is -0.314 e. The molecule has 1 heteroatoms. The van der Waals surface area contributed by atoms with Crippen LogP contribution >= 0.6 is 0 Å². The zero-order chi connectivity index (χ0) is 12.3. The van der Waals surface area contributed by atoms with Gasteiger partial charge in [-0.15, -0.1) is 0 Å². The topological polar surface area (TPSA) is 12.0 Å². The number of rotatable bonds is 4. The summed E-state index contributed by atoms with van der Waals surface area (Å²) in [5, 5.41) is 3.61. The maximum atomic E-state index is 3.61.